The summed E-state index contributed by atoms with van der Waals surface area (Å²) in [5, 5.41) is 9.19. The van der Waals surface area contributed by atoms with Crippen LogP contribution in [0, 0.1) is 5.82 Å². The van der Waals surface area contributed by atoms with Crippen LogP contribution >= 0.6 is 0 Å². The maximum atomic E-state index is 12.9. The van der Waals surface area contributed by atoms with Crippen LogP contribution in [0.25, 0.3) is 0 Å². The van der Waals surface area contributed by atoms with Crippen molar-refractivity contribution in [3.05, 3.63) is 29.6 Å². The van der Waals surface area contributed by atoms with E-state index in [-0.39, 0.29) is 18.5 Å². The molecule has 1 aliphatic rings. The second-order valence-corrected chi connectivity index (χ2v) is 4.29. The van der Waals surface area contributed by atoms with Gasteiger partial charge in [0.2, 0.25) is 0 Å². The number of rotatable bonds is 3. The highest BCUT2D eigenvalue weighted by molar-refractivity contribution is 5.46. The summed E-state index contributed by atoms with van der Waals surface area (Å²) in [6, 6.07) is 4.72. The number of benzene rings is 1. The molecule has 3 N–H and O–H groups in total. The van der Waals surface area contributed by atoms with Crippen molar-refractivity contribution in [2.75, 3.05) is 18.9 Å². The maximum Gasteiger partial charge on any atom is 0.125 e. The second-order valence-electron chi connectivity index (χ2n) is 4.29. The molecule has 0 spiro atoms. The molecule has 0 radical (unpaired) electrons. The number of likely N-dealkylation sites (tertiary alicyclic amines) is 1. The minimum atomic E-state index is -0.304. The summed E-state index contributed by atoms with van der Waals surface area (Å²) in [5.41, 5.74) is 7.18. The average Bonchev–Trinajstić information content (AvgIpc) is 2.69. The minimum Gasteiger partial charge on any atom is -0.398 e. The number of hydrogen-bond acceptors (Lipinski definition) is 3. The van der Waals surface area contributed by atoms with Gasteiger partial charge < -0.3 is 10.8 Å². The van der Waals surface area contributed by atoms with E-state index in [2.05, 4.69) is 4.90 Å². The molecular formula is C12H17FN2O. The van der Waals surface area contributed by atoms with Crippen LogP contribution in [0.5, 0.6) is 0 Å². The largest absolute Gasteiger partial charge is 0.398 e. The summed E-state index contributed by atoms with van der Waals surface area (Å²) in [4.78, 5) is 2.20. The molecule has 16 heavy (non-hydrogen) atoms. The Morgan fingerprint density at radius 3 is 3.00 bits per heavy atom. The van der Waals surface area contributed by atoms with Gasteiger partial charge in [-0.3, -0.25) is 4.90 Å². The molecule has 1 aliphatic heterocycles. The first-order valence-electron chi connectivity index (χ1n) is 5.59. The van der Waals surface area contributed by atoms with Gasteiger partial charge >= 0.3 is 0 Å². The first-order chi connectivity index (χ1) is 7.70. The zero-order valence-electron chi connectivity index (χ0n) is 9.19. The number of anilines is 1. The molecule has 88 valence electrons. The lowest BCUT2D eigenvalue weighted by atomic mass is 10.1. The third kappa shape index (κ3) is 2.33. The molecule has 0 amide bonds. The smallest absolute Gasteiger partial charge is 0.125 e. The van der Waals surface area contributed by atoms with E-state index in [1.54, 1.807) is 6.07 Å². The highest BCUT2D eigenvalue weighted by Crippen LogP contribution is 2.22. The molecule has 1 aromatic carbocycles. The fourth-order valence-electron chi connectivity index (χ4n) is 2.24. The molecule has 0 saturated carbocycles. The molecule has 1 aromatic rings. The van der Waals surface area contributed by atoms with Crippen molar-refractivity contribution >= 4 is 5.69 Å². The van der Waals surface area contributed by atoms with Crippen molar-refractivity contribution in [3.8, 4) is 0 Å². The molecule has 1 fully saturated rings. The lowest BCUT2D eigenvalue weighted by Crippen LogP contribution is -2.31. The summed E-state index contributed by atoms with van der Waals surface area (Å²) in [6.07, 6.45) is 2.13. The standard InChI is InChI=1S/C12H17FN2O/c13-10-4-3-9(12(14)6-10)7-15-5-1-2-11(15)8-16/h3-4,6,11,16H,1-2,5,7-8,14H2. The Morgan fingerprint density at radius 2 is 2.31 bits per heavy atom. The fourth-order valence-corrected chi connectivity index (χ4v) is 2.24. The zero-order chi connectivity index (χ0) is 11.5. The second kappa shape index (κ2) is 4.80. The lowest BCUT2D eigenvalue weighted by molar-refractivity contribution is 0.154. The van der Waals surface area contributed by atoms with Crippen LogP contribution in [-0.4, -0.2) is 29.2 Å². The van der Waals surface area contributed by atoms with Crippen molar-refractivity contribution in [2.24, 2.45) is 0 Å². The number of nitrogens with two attached hydrogens (primary N) is 1. The van der Waals surface area contributed by atoms with Gasteiger partial charge in [-0.25, -0.2) is 4.39 Å². The highest BCUT2D eigenvalue weighted by atomic mass is 19.1. The molecule has 0 aromatic heterocycles. The molecule has 4 heteroatoms. The Balaban J connectivity index is 2.08. The van der Waals surface area contributed by atoms with E-state index in [0.717, 1.165) is 24.9 Å². The van der Waals surface area contributed by atoms with Crippen molar-refractivity contribution in [1.82, 2.24) is 4.90 Å². The summed E-state index contributed by atoms with van der Waals surface area (Å²) in [6.45, 7) is 1.85. The Labute approximate surface area is 94.7 Å². The van der Waals surface area contributed by atoms with Gasteiger partial charge in [0.1, 0.15) is 5.82 Å². The number of nitrogen functional groups attached to an aromatic ring is 1. The van der Waals surface area contributed by atoms with Crippen LogP contribution in [0.4, 0.5) is 10.1 Å². The number of aliphatic hydroxyl groups is 1. The van der Waals surface area contributed by atoms with Crippen LogP contribution in [0.15, 0.2) is 18.2 Å². The van der Waals surface area contributed by atoms with E-state index in [1.165, 1.54) is 12.1 Å². The van der Waals surface area contributed by atoms with Crippen LogP contribution in [0.1, 0.15) is 18.4 Å². The van der Waals surface area contributed by atoms with E-state index >= 15 is 0 Å². The maximum absolute atomic E-state index is 12.9. The van der Waals surface area contributed by atoms with E-state index in [4.69, 9.17) is 5.73 Å². The molecule has 0 bridgehead atoms. The van der Waals surface area contributed by atoms with Crippen molar-refractivity contribution < 1.29 is 9.50 Å². The van der Waals surface area contributed by atoms with Crippen molar-refractivity contribution in [3.63, 3.8) is 0 Å². The molecule has 2 rings (SSSR count). The predicted octanol–water partition coefficient (Wildman–Crippen LogP) is 1.36. The van der Waals surface area contributed by atoms with E-state index in [1.807, 2.05) is 0 Å². The predicted molar refractivity (Wildman–Crippen MR) is 61.3 cm³/mol. The van der Waals surface area contributed by atoms with Gasteiger partial charge in [0.25, 0.3) is 0 Å². The van der Waals surface area contributed by atoms with Crippen LogP contribution < -0.4 is 5.73 Å². The topological polar surface area (TPSA) is 49.5 Å². The summed E-state index contributed by atoms with van der Waals surface area (Å²) >= 11 is 0. The monoisotopic (exact) mass is 224 g/mol. The molecule has 1 saturated heterocycles. The van der Waals surface area contributed by atoms with Gasteiger partial charge in [-0.15, -0.1) is 0 Å². The molecule has 1 unspecified atom stereocenters. The van der Waals surface area contributed by atoms with Gasteiger partial charge in [0.05, 0.1) is 6.61 Å². The van der Waals surface area contributed by atoms with Crippen LogP contribution in [0.3, 0.4) is 0 Å². The van der Waals surface area contributed by atoms with Gasteiger partial charge in [-0.05, 0) is 37.1 Å². The number of hydrogen-bond donors (Lipinski definition) is 2. The average molecular weight is 224 g/mol. The van der Waals surface area contributed by atoms with E-state index in [0.29, 0.717) is 12.2 Å². The molecule has 0 aliphatic carbocycles. The van der Waals surface area contributed by atoms with Gasteiger partial charge in [-0.1, -0.05) is 6.07 Å². The molecule has 1 heterocycles. The third-order valence-corrected chi connectivity index (χ3v) is 3.19. The highest BCUT2D eigenvalue weighted by Gasteiger charge is 2.23. The van der Waals surface area contributed by atoms with Crippen LogP contribution in [0.2, 0.25) is 0 Å². The molecular weight excluding hydrogens is 207 g/mol. The Hall–Kier alpha value is -1.13. The Bertz CT molecular complexity index is 370. The minimum absolute atomic E-state index is 0.182. The van der Waals surface area contributed by atoms with E-state index in [9.17, 15) is 9.50 Å². The summed E-state index contributed by atoms with van der Waals surface area (Å²) < 4.78 is 12.9. The number of nitrogens with zero attached hydrogens (tertiary/aromatic N) is 1. The van der Waals surface area contributed by atoms with Crippen LogP contribution in [-0.2, 0) is 6.54 Å². The third-order valence-electron chi connectivity index (χ3n) is 3.19. The zero-order valence-corrected chi connectivity index (χ0v) is 9.19. The lowest BCUT2D eigenvalue weighted by Gasteiger charge is -2.23. The number of halogens is 1. The summed E-state index contributed by atoms with van der Waals surface area (Å²) in [7, 11) is 0. The summed E-state index contributed by atoms with van der Waals surface area (Å²) in [5.74, 6) is -0.304. The fraction of sp³-hybridized carbons (Fsp3) is 0.500. The SMILES string of the molecule is Nc1cc(F)ccc1CN1CCCC1CO. The van der Waals surface area contributed by atoms with Crippen molar-refractivity contribution in [1.29, 1.82) is 0 Å². The first-order valence-corrected chi connectivity index (χ1v) is 5.59. The molecule has 3 nitrogen and oxygen atoms in total. The molecule has 1 atom stereocenters. The van der Waals surface area contributed by atoms with E-state index < -0.39 is 0 Å². The quantitative estimate of drug-likeness (QED) is 0.762. The first kappa shape index (κ1) is 11.4. The van der Waals surface area contributed by atoms with Gasteiger partial charge in [-0.2, -0.15) is 0 Å². The Kier molecular flexibility index (Phi) is 3.41. The normalized spacial score (nSPS) is 21.5. The Morgan fingerprint density at radius 1 is 1.50 bits per heavy atom. The number of aliphatic hydroxyl groups excluding tert-OH is 1. The van der Waals surface area contributed by atoms with Crippen molar-refractivity contribution in [2.45, 2.75) is 25.4 Å². The van der Waals surface area contributed by atoms with Gasteiger partial charge in [0, 0.05) is 18.3 Å². The van der Waals surface area contributed by atoms with Gasteiger partial charge in [0.15, 0.2) is 0 Å².